The molecular formula is C16H17N3O6. The monoisotopic (exact) mass is 347 g/mol. The van der Waals surface area contributed by atoms with Crippen molar-refractivity contribution in [1.82, 2.24) is 9.78 Å². The van der Waals surface area contributed by atoms with Gasteiger partial charge in [0.2, 0.25) is 0 Å². The molecular weight excluding hydrogens is 330 g/mol. The average molecular weight is 347 g/mol. The average Bonchev–Trinajstić information content (AvgIpc) is 2.91. The molecule has 1 heterocycles. The molecule has 25 heavy (non-hydrogen) atoms. The van der Waals surface area contributed by atoms with E-state index < -0.39 is 4.92 Å². The highest BCUT2D eigenvalue weighted by Gasteiger charge is 2.08. The number of hydrogen-bond acceptors (Lipinski definition) is 5. The van der Waals surface area contributed by atoms with Crippen molar-refractivity contribution in [2.45, 2.75) is 6.54 Å². The van der Waals surface area contributed by atoms with Crippen LogP contribution in [0.1, 0.15) is 0 Å². The van der Waals surface area contributed by atoms with Crippen molar-refractivity contribution < 1.29 is 19.9 Å². The minimum absolute atomic E-state index is 0. The minimum atomic E-state index is -0.464. The zero-order valence-corrected chi connectivity index (χ0v) is 13.4. The number of nitrogens with zero attached hydrogens (tertiary/aromatic N) is 2. The quantitative estimate of drug-likeness (QED) is 0.533. The standard InChI is InChI=1S/C16H15N3O5.H2O/c1-23-13-6-7-15-14(10-13)16(20)17-18(15)8-9-24-12-4-2-11(3-5-12)19(21)22;/h2-7,10H,8-9H2,1H3,(H,17,20);1H2. The van der Waals surface area contributed by atoms with Crippen LogP contribution in [0.2, 0.25) is 0 Å². The van der Waals surface area contributed by atoms with Gasteiger partial charge in [-0.05, 0) is 30.3 Å². The second-order valence-electron chi connectivity index (χ2n) is 5.08. The van der Waals surface area contributed by atoms with Gasteiger partial charge in [-0.15, -0.1) is 0 Å². The first-order valence-corrected chi connectivity index (χ1v) is 7.22. The predicted molar refractivity (Wildman–Crippen MR) is 91.3 cm³/mol. The fourth-order valence-corrected chi connectivity index (χ4v) is 2.40. The number of fused-ring (bicyclic) bond motifs is 1. The third kappa shape index (κ3) is 3.78. The van der Waals surface area contributed by atoms with Gasteiger partial charge in [-0.2, -0.15) is 0 Å². The Balaban J connectivity index is 0.00000225. The molecule has 3 rings (SSSR count). The molecule has 0 unspecified atom stereocenters. The zero-order valence-electron chi connectivity index (χ0n) is 13.4. The summed E-state index contributed by atoms with van der Waals surface area (Å²) in [6.45, 7) is 0.742. The molecule has 0 saturated heterocycles. The summed E-state index contributed by atoms with van der Waals surface area (Å²) in [7, 11) is 1.55. The number of non-ortho nitro benzene ring substituents is 1. The van der Waals surface area contributed by atoms with Gasteiger partial charge in [0.1, 0.15) is 18.1 Å². The van der Waals surface area contributed by atoms with E-state index in [1.54, 1.807) is 42.1 Å². The molecule has 2 aromatic carbocycles. The molecule has 3 aromatic rings. The maximum absolute atomic E-state index is 12.0. The minimum Gasteiger partial charge on any atom is -0.497 e. The molecule has 0 bridgehead atoms. The van der Waals surface area contributed by atoms with Crippen LogP contribution in [0, 0.1) is 10.1 Å². The first-order valence-electron chi connectivity index (χ1n) is 7.22. The summed E-state index contributed by atoms with van der Waals surface area (Å²) in [5.74, 6) is 1.15. The van der Waals surface area contributed by atoms with E-state index >= 15 is 0 Å². The highest BCUT2D eigenvalue weighted by atomic mass is 16.6. The van der Waals surface area contributed by atoms with Gasteiger partial charge in [0.25, 0.3) is 11.2 Å². The van der Waals surface area contributed by atoms with E-state index in [2.05, 4.69) is 5.10 Å². The Morgan fingerprint density at radius 2 is 1.84 bits per heavy atom. The molecule has 0 saturated carbocycles. The summed E-state index contributed by atoms with van der Waals surface area (Å²) in [5, 5.41) is 13.9. The molecule has 0 aliphatic rings. The number of methoxy groups -OCH3 is 1. The molecule has 132 valence electrons. The zero-order chi connectivity index (χ0) is 17.1. The first-order chi connectivity index (χ1) is 11.6. The van der Waals surface area contributed by atoms with Crippen LogP contribution in [0.4, 0.5) is 5.69 Å². The van der Waals surface area contributed by atoms with E-state index in [1.165, 1.54) is 12.1 Å². The van der Waals surface area contributed by atoms with Crippen LogP contribution in [0.15, 0.2) is 47.3 Å². The number of aromatic amines is 1. The highest BCUT2D eigenvalue weighted by Crippen LogP contribution is 2.19. The molecule has 0 spiro atoms. The van der Waals surface area contributed by atoms with E-state index in [1.807, 2.05) is 0 Å². The van der Waals surface area contributed by atoms with Crippen molar-refractivity contribution in [3.8, 4) is 11.5 Å². The van der Waals surface area contributed by atoms with Gasteiger partial charge in [-0.25, -0.2) is 0 Å². The number of rotatable bonds is 6. The fourth-order valence-electron chi connectivity index (χ4n) is 2.40. The Kier molecular flexibility index (Phi) is 5.40. The second kappa shape index (κ2) is 7.49. The third-order valence-corrected chi connectivity index (χ3v) is 3.61. The van der Waals surface area contributed by atoms with Gasteiger partial charge in [-0.1, -0.05) is 0 Å². The summed E-state index contributed by atoms with van der Waals surface area (Å²) in [5.41, 5.74) is 0.573. The normalized spacial score (nSPS) is 10.3. The van der Waals surface area contributed by atoms with Gasteiger partial charge in [-0.3, -0.25) is 24.7 Å². The van der Waals surface area contributed by atoms with Gasteiger partial charge < -0.3 is 14.9 Å². The molecule has 9 nitrogen and oxygen atoms in total. The van der Waals surface area contributed by atoms with Gasteiger partial charge in [0.05, 0.1) is 29.5 Å². The summed E-state index contributed by atoms with van der Waals surface area (Å²) in [6, 6.07) is 11.1. The number of hydrogen-bond donors (Lipinski definition) is 1. The van der Waals surface area contributed by atoms with Crippen LogP contribution in [0.25, 0.3) is 10.9 Å². The van der Waals surface area contributed by atoms with Crippen molar-refractivity contribution in [1.29, 1.82) is 0 Å². The Morgan fingerprint density at radius 1 is 1.16 bits per heavy atom. The molecule has 0 atom stereocenters. The van der Waals surface area contributed by atoms with Crippen LogP contribution >= 0.6 is 0 Å². The van der Waals surface area contributed by atoms with Crippen LogP contribution in [-0.4, -0.2) is 33.9 Å². The summed E-state index contributed by atoms with van der Waals surface area (Å²) < 4.78 is 12.4. The summed E-state index contributed by atoms with van der Waals surface area (Å²) in [4.78, 5) is 22.1. The largest absolute Gasteiger partial charge is 0.497 e. The smallest absolute Gasteiger partial charge is 0.272 e. The first kappa shape index (κ1) is 18.0. The number of H-pyrrole nitrogens is 1. The lowest BCUT2D eigenvalue weighted by molar-refractivity contribution is -0.384. The summed E-state index contributed by atoms with van der Waals surface area (Å²) >= 11 is 0. The van der Waals surface area contributed by atoms with E-state index in [9.17, 15) is 14.9 Å². The van der Waals surface area contributed by atoms with Crippen LogP contribution in [0.3, 0.4) is 0 Å². The van der Waals surface area contributed by atoms with Crippen LogP contribution < -0.4 is 15.0 Å². The number of ether oxygens (including phenoxy) is 2. The maximum atomic E-state index is 12.0. The van der Waals surface area contributed by atoms with Crippen molar-refractivity contribution in [2.75, 3.05) is 13.7 Å². The SMILES string of the molecule is COc1ccc2c(c1)c(=O)[nH]n2CCOc1ccc([N+](=O)[O-])cc1.O. The van der Waals surface area contributed by atoms with Crippen LogP contribution in [0.5, 0.6) is 11.5 Å². The predicted octanol–water partition coefficient (Wildman–Crippen LogP) is 1.50. The fraction of sp³-hybridized carbons (Fsp3) is 0.188. The van der Waals surface area contributed by atoms with Crippen LogP contribution in [-0.2, 0) is 6.54 Å². The maximum Gasteiger partial charge on any atom is 0.272 e. The molecule has 1 aromatic heterocycles. The topological polar surface area (TPSA) is 131 Å². The number of nitrogens with one attached hydrogen (secondary N) is 1. The van der Waals surface area contributed by atoms with E-state index in [-0.39, 0.29) is 16.7 Å². The second-order valence-corrected chi connectivity index (χ2v) is 5.08. The number of aromatic nitrogens is 2. The Labute approximate surface area is 141 Å². The number of nitro groups is 1. The number of nitro benzene ring substituents is 1. The highest BCUT2D eigenvalue weighted by molar-refractivity contribution is 5.80. The summed E-state index contributed by atoms with van der Waals surface area (Å²) in [6.07, 6.45) is 0. The van der Waals surface area contributed by atoms with E-state index in [4.69, 9.17) is 9.47 Å². The van der Waals surface area contributed by atoms with Gasteiger partial charge in [0, 0.05) is 12.1 Å². The molecule has 0 aliphatic carbocycles. The van der Waals surface area contributed by atoms with Gasteiger partial charge in [0.15, 0.2) is 0 Å². The van der Waals surface area contributed by atoms with Crippen molar-refractivity contribution >= 4 is 16.6 Å². The Hall–Kier alpha value is -3.33. The van der Waals surface area contributed by atoms with E-state index in [0.717, 1.165) is 5.52 Å². The molecule has 0 amide bonds. The number of benzene rings is 2. The molecule has 0 fully saturated rings. The Bertz CT molecular complexity index is 929. The lowest BCUT2D eigenvalue weighted by atomic mass is 10.2. The third-order valence-electron chi connectivity index (χ3n) is 3.61. The van der Waals surface area contributed by atoms with Crippen molar-refractivity contribution in [2.24, 2.45) is 0 Å². The molecule has 0 aliphatic heterocycles. The van der Waals surface area contributed by atoms with Gasteiger partial charge >= 0.3 is 0 Å². The van der Waals surface area contributed by atoms with Crippen molar-refractivity contribution in [3.63, 3.8) is 0 Å². The van der Waals surface area contributed by atoms with E-state index in [0.29, 0.717) is 30.0 Å². The Morgan fingerprint density at radius 3 is 2.48 bits per heavy atom. The molecule has 0 radical (unpaired) electrons. The lowest BCUT2D eigenvalue weighted by Crippen LogP contribution is -2.12. The molecule has 9 heteroatoms. The van der Waals surface area contributed by atoms with Crippen molar-refractivity contribution in [3.05, 3.63) is 62.9 Å². The molecule has 3 N–H and O–H groups in total. The lowest BCUT2D eigenvalue weighted by Gasteiger charge is -2.08.